The molecule has 0 fully saturated rings. The molecule has 0 radical (unpaired) electrons. The smallest absolute Gasteiger partial charge is 0.134 e. The maximum Gasteiger partial charge on any atom is 0.134 e. The molecule has 0 N–H and O–H groups in total. The number of hydrogen-bond donors (Lipinski definition) is 0. The lowest BCUT2D eigenvalue weighted by Crippen LogP contribution is -1.88. The minimum absolute atomic E-state index is 0.845. The fourth-order valence-electron chi connectivity index (χ4n) is 1.12. The third-order valence-electron chi connectivity index (χ3n) is 1.80. The van der Waals surface area contributed by atoms with Gasteiger partial charge in [0.1, 0.15) is 5.75 Å². The maximum absolute atomic E-state index is 5.22. The molecule has 14 heavy (non-hydrogen) atoms. The van der Waals surface area contributed by atoms with E-state index in [9.17, 15) is 0 Å². The summed E-state index contributed by atoms with van der Waals surface area (Å²) in [5.41, 5.74) is 2.17. The molecule has 0 unspecified atom stereocenters. The van der Waals surface area contributed by atoms with Gasteiger partial charge in [0, 0.05) is 11.8 Å². The van der Waals surface area contributed by atoms with Crippen LogP contribution in [0.4, 0.5) is 0 Å². The molecule has 1 nitrogen and oxygen atoms in total. The Morgan fingerprint density at radius 2 is 2.21 bits per heavy atom. The van der Waals surface area contributed by atoms with Crippen LogP contribution < -0.4 is 4.74 Å². The van der Waals surface area contributed by atoms with Gasteiger partial charge in [0.15, 0.2) is 0 Å². The van der Waals surface area contributed by atoms with Gasteiger partial charge in [-0.1, -0.05) is 33.8 Å². The molecular weight excluding hydrogens is 240 g/mol. The molecule has 0 aliphatic rings. The van der Waals surface area contributed by atoms with Gasteiger partial charge in [0.25, 0.3) is 0 Å². The summed E-state index contributed by atoms with van der Waals surface area (Å²) >= 11 is 3.34. The highest BCUT2D eigenvalue weighted by atomic mass is 79.9. The van der Waals surface area contributed by atoms with E-state index in [1.165, 1.54) is 5.56 Å². The predicted molar refractivity (Wildman–Crippen MR) is 63.0 cm³/mol. The lowest BCUT2D eigenvalue weighted by atomic mass is 10.1. The summed E-state index contributed by atoms with van der Waals surface area (Å²) in [6, 6.07) is 6.02. The Kier molecular flexibility index (Phi) is 4.55. The largest absolute Gasteiger partial charge is 0.495 e. The summed E-state index contributed by atoms with van der Waals surface area (Å²) in [6.45, 7) is 2.05. The van der Waals surface area contributed by atoms with Crippen LogP contribution in [0.1, 0.15) is 17.5 Å². The Balaban J connectivity index is 2.94. The first-order valence-corrected chi connectivity index (χ1v) is 5.59. The van der Waals surface area contributed by atoms with Crippen molar-refractivity contribution < 1.29 is 4.74 Å². The quantitative estimate of drug-likeness (QED) is 0.581. The number of aryl methyl sites for hydroxylation is 1. The first-order valence-electron chi connectivity index (χ1n) is 4.47. The van der Waals surface area contributed by atoms with E-state index in [-0.39, 0.29) is 0 Å². The highest BCUT2D eigenvalue weighted by Gasteiger charge is 1.98. The van der Waals surface area contributed by atoms with Gasteiger partial charge in [-0.15, -0.1) is 0 Å². The fraction of sp³-hybridized carbons (Fsp3) is 0.333. The van der Waals surface area contributed by atoms with E-state index in [2.05, 4.69) is 34.7 Å². The van der Waals surface area contributed by atoms with Crippen LogP contribution >= 0.6 is 15.9 Å². The normalized spacial score (nSPS) is 9.07. The summed E-state index contributed by atoms with van der Waals surface area (Å²) in [6.07, 6.45) is 0.858. The molecule has 74 valence electrons. The number of alkyl halides is 1. The van der Waals surface area contributed by atoms with Gasteiger partial charge in [-0.2, -0.15) is 0 Å². The van der Waals surface area contributed by atoms with E-state index >= 15 is 0 Å². The summed E-state index contributed by atoms with van der Waals surface area (Å²) in [5.74, 6) is 7.02. The van der Waals surface area contributed by atoms with Crippen molar-refractivity contribution in [3.8, 4) is 17.6 Å². The van der Waals surface area contributed by atoms with E-state index < -0.39 is 0 Å². The first kappa shape index (κ1) is 11.1. The van der Waals surface area contributed by atoms with E-state index in [0.717, 1.165) is 23.1 Å². The number of rotatable bonds is 2. The van der Waals surface area contributed by atoms with Crippen LogP contribution in [0.2, 0.25) is 0 Å². The van der Waals surface area contributed by atoms with E-state index in [1.54, 1.807) is 7.11 Å². The van der Waals surface area contributed by atoms with E-state index in [1.807, 2.05) is 18.2 Å². The second kappa shape index (κ2) is 5.72. The Bertz CT molecular complexity index is 360. The second-order valence-electron chi connectivity index (χ2n) is 2.94. The minimum atomic E-state index is 0.845. The lowest BCUT2D eigenvalue weighted by molar-refractivity contribution is 0.413. The molecule has 0 aliphatic carbocycles. The van der Waals surface area contributed by atoms with Crippen LogP contribution in [0.25, 0.3) is 0 Å². The molecule has 2 heteroatoms. The molecule has 0 aliphatic heterocycles. The van der Waals surface area contributed by atoms with Crippen molar-refractivity contribution in [2.45, 2.75) is 13.3 Å². The van der Waals surface area contributed by atoms with Gasteiger partial charge >= 0.3 is 0 Å². The van der Waals surface area contributed by atoms with Gasteiger partial charge < -0.3 is 4.74 Å². The number of benzene rings is 1. The summed E-state index contributed by atoms with van der Waals surface area (Å²) in [4.78, 5) is 0. The molecule has 1 aromatic carbocycles. The molecule has 0 atom stereocenters. The van der Waals surface area contributed by atoms with Crippen LogP contribution in [0.3, 0.4) is 0 Å². The zero-order valence-electron chi connectivity index (χ0n) is 8.43. The molecular formula is C12H13BrO. The number of ether oxygens (including phenoxy) is 1. The first-order chi connectivity index (χ1) is 6.77. The molecule has 0 bridgehead atoms. The van der Waals surface area contributed by atoms with Crippen molar-refractivity contribution in [1.29, 1.82) is 0 Å². The second-order valence-corrected chi connectivity index (χ2v) is 3.74. The zero-order chi connectivity index (χ0) is 10.4. The molecule has 1 aromatic rings. The third kappa shape index (κ3) is 3.08. The van der Waals surface area contributed by atoms with Crippen LogP contribution in [-0.4, -0.2) is 12.4 Å². The monoisotopic (exact) mass is 252 g/mol. The molecule has 0 heterocycles. The SMILES string of the molecule is COc1ccc(C)cc1C#CCCBr. The highest BCUT2D eigenvalue weighted by Crippen LogP contribution is 2.18. The molecule has 0 saturated heterocycles. The van der Waals surface area contributed by atoms with E-state index in [4.69, 9.17) is 4.74 Å². The van der Waals surface area contributed by atoms with Crippen molar-refractivity contribution in [2.24, 2.45) is 0 Å². The van der Waals surface area contributed by atoms with Crippen LogP contribution in [0.15, 0.2) is 18.2 Å². The summed E-state index contributed by atoms with van der Waals surface area (Å²) in [5, 5.41) is 0.911. The van der Waals surface area contributed by atoms with Gasteiger partial charge in [-0.25, -0.2) is 0 Å². The van der Waals surface area contributed by atoms with E-state index in [0.29, 0.717) is 0 Å². The molecule has 0 spiro atoms. The number of hydrogen-bond acceptors (Lipinski definition) is 1. The Morgan fingerprint density at radius 3 is 2.86 bits per heavy atom. The van der Waals surface area contributed by atoms with Crippen LogP contribution in [-0.2, 0) is 0 Å². The Morgan fingerprint density at radius 1 is 1.43 bits per heavy atom. The highest BCUT2D eigenvalue weighted by molar-refractivity contribution is 9.09. The number of halogens is 1. The van der Waals surface area contributed by atoms with Crippen molar-refractivity contribution in [2.75, 3.05) is 12.4 Å². The standard InChI is InChI=1S/C12H13BrO/c1-10-6-7-12(14-2)11(9-10)5-3-4-8-13/h6-7,9H,4,8H2,1-2H3. The summed E-state index contributed by atoms with van der Waals surface area (Å²) < 4.78 is 5.22. The average molecular weight is 253 g/mol. The van der Waals surface area contributed by atoms with Gasteiger partial charge in [0.2, 0.25) is 0 Å². The molecule has 0 amide bonds. The average Bonchev–Trinajstić information content (AvgIpc) is 2.19. The Hall–Kier alpha value is -0.940. The minimum Gasteiger partial charge on any atom is -0.495 e. The maximum atomic E-state index is 5.22. The van der Waals surface area contributed by atoms with Crippen molar-refractivity contribution in [3.05, 3.63) is 29.3 Å². The van der Waals surface area contributed by atoms with Crippen molar-refractivity contribution in [1.82, 2.24) is 0 Å². The van der Waals surface area contributed by atoms with Crippen LogP contribution in [0, 0.1) is 18.8 Å². The topological polar surface area (TPSA) is 9.23 Å². The van der Waals surface area contributed by atoms with Crippen molar-refractivity contribution in [3.63, 3.8) is 0 Å². The molecule has 0 aromatic heterocycles. The third-order valence-corrected chi connectivity index (χ3v) is 2.19. The van der Waals surface area contributed by atoms with Gasteiger partial charge in [-0.05, 0) is 24.6 Å². The fourth-order valence-corrected chi connectivity index (χ4v) is 1.32. The molecule has 0 saturated carbocycles. The van der Waals surface area contributed by atoms with Gasteiger partial charge in [-0.3, -0.25) is 0 Å². The van der Waals surface area contributed by atoms with Gasteiger partial charge in [0.05, 0.1) is 12.7 Å². The Labute approximate surface area is 93.6 Å². The van der Waals surface area contributed by atoms with Crippen LogP contribution in [0.5, 0.6) is 5.75 Å². The predicted octanol–water partition coefficient (Wildman–Crippen LogP) is 3.14. The summed E-state index contributed by atoms with van der Waals surface area (Å²) in [7, 11) is 1.67. The van der Waals surface area contributed by atoms with Crippen molar-refractivity contribution >= 4 is 15.9 Å². The lowest BCUT2D eigenvalue weighted by Gasteiger charge is -2.03. The number of methoxy groups -OCH3 is 1. The molecule has 1 rings (SSSR count). The zero-order valence-corrected chi connectivity index (χ0v) is 10.0.